The zero-order valence-corrected chi connectivity index (χ0v) is 11.9. The molecule has 0 saturated carbocycles. The number of aromatic nitrogens is 1. The fourth-order valence-electron chi connectivity index (χ4n) is 2.11. The summed E-state index contributed by atoms with van der Waals surface area (Å²) in [4.78, 5) is 5.93. The third kappa shape index (κ3) is 2.59. The summed E-state index contributed by atoms with van der Waals surface area (Å²) in [7, 11) is 0. The maximum atomic E-state index is 4.65. The molecule has 0 spiro atoms. The molecule has 0 unspecified atom stereocenters. The highest BCUT2D eigenvalue weighted by Crippen LogP contribution is 2.21. The van der Waals surface area contributed by atoms with Crippen LogP contribution in [0.3, 0.4) is 0 Å². The summed E-state index contributed by atoms with van der Waals surface area (Å²) in [5, 5.41) is 3.36. The van der Waals surface area contributed by atoms with Gasteiger partial charge in [-0.3, -0.25) is 4.98 Å². The van der Waals surface area contributed by atoms with Gasteiger partial charge in [0.15, 0.2) is 0 Å². The van der Waals surface area contributed by atoms with Crippen LogP contribution >= 0.6 is 11.3 Å². The first-order chi connectivity index (χ1) is 9.22. The summed E-state index contributed by atoms with van der Waals surface area (Å²) >= 11 is 1.77. The molecule has 0 bridgehead atoms. The Bertz CT molecular complexity index is 753. The number of hydrogen-bond acceptors (Lipinski definition) is 2. The Morgan fingerprint density at radius 1 is 1.05 bits per heavy atom. The van der Waals surface area contributed by atoms with Crippen molar-refractivity contribution >= 4 is 34.4 Å². The van der Waals surface area contributed by atoms with E-state index in [-0.39, 0.29) is 0 Å². The molecule has 0 fully saturated rings. The van der Waals surface area contributed by atoms with Gasteiger partial charge < -0.3 is 0 Å². The lowest BCUT2D eigenvalue weighted by molar-refractivity contribution is 1.25. The summed E-state index contributed by atoms with van der Waals surface area (Å²) in [6, 6.07) is 12.7. The number of hydrogen-bond donors (Lipinski definition) is 0. The van der Waals surface area contributed by atoms with Gasteiger partial charge in [-0.05, 0) is 43.0 Å². The van der Waals surface area contributed by atoms with Crippen LogP contribution in [0.1, 0.15) is 21.7 Å². The SMILES string of the molecule is Cc1csc(/C=C/c2cccc3ccc(C)nc23)c1. The molecule has 1 nitrogen and oxygen atoms in total. The highest BCUT2D eigenvalue weighted by molar-refractivity contribution is 7.11. The van der Waals surface area contributed by atoms with Crippen LogP contribution in [0.15, 0.2) is 41.8 Å². The molecule has 3 rings (SSSR count). The monoisotopic (exact) mass is 265 g/mol. The summed E-state index contributed by atoms with van der Waals surface area (Å²) in [6.45, 7) is 4.15. The van der Waals surface area contributed by atoms with E-state index in [1.807, 2.05) is 6.92 Å². The van der Waals surface area contributed by atoms with Crippen LogP contribution in [-0.2, 0) is 0 Å². The summed E-state index contributed by atoms with van der Waals surface area (Å²) < 4.78 is 0. The molecule has 0 atom stereocenters. The minimum atomic E-state index is 1.06. The fourth-order valence-corrected chi connectivity index (χ4v) is 2.91. The third-order valence-corrected chi connectivity index (χ3v) is 4.08. The molecule has 0 radical (unpaired) electrons. The van der Waals surface area contributed by atoms with Gasteiger partial charge in [-0.2, -0.15) is 0 Å². The predicted molar refractivity (Wildman–Crippen MR) is 84.5 cm³/mol. The lowest BCUT2D eigenvalue weighted by atomic mass is 10.1. The minimum absolute atomic E-state index is 1.06. The Morgan fingerprint density at radius 2 is 1.95 bits per heavy atom. The van der Waals surface area contributed by atoms with Gasteiger partial charge in [0.25, 0.3) is 0 Å². The van der Waals surface area contributed by atoms with Crippen LogP contribution in [0.2, 0.25) is 0 Å². The molecule has 0 N–H and O–H groups in total. The van der Waals surface area contributed by atoms with E-state index >= 15 is 0 Å². The van der Waals surface area contributed by atoms with Gasteiger partial charge in [0.05, 0.1) is 5.52 Å². The third-order valence-electron chi connectivity index (χ3n) is 3.07. The van der Waals surface area contributed by atoms with E-state index < -0.39 is 0 Å². The largest absolute Gasteiger partial charge is 0.253 e. The number of aryl methyl sites for hydroxylation is 2. The van der Waals surface area contributed by atoms with E-state index in [0.29, 0.717) is 0 Å². The van der Waals surface area contributed by atoms with Gasteiger partial charge >= 0.3 is 0 Å². The van der Waals surface area contributed by atoms with Crippen molar-refractivity contribution in [2.75, 3.05) is 0 Å². The summed E-state index contributed by atoms with van der Waals surface area (Å²) in [6.07, 6.45) is 4.32. The molecule has 0 aliphatic heterocycles. The number of para-hydroxylation sites is 1. The van der Waals surface area contributed by atoms with Gasteiger partial charge in [0.1, 0.15) is 0 Å². The van der Waals surface area contributed by atoms with Crippen molar-refractivity contribution in [2.45, 2.75) is 13.8 Å². The van der Waals surface area contributed by atoms with E-state index in [2.05, 4.69) is 65.8 Å². The van der Waals surface area contributed by atoms with Crippen molar-refractivity contribution < 1.29 is 0 Å². The molecule has 2 heterocycles. The minimum Gasteiger partial charge on any atom is -0.253 e. The Labute approximate surface area is 117 Å². The van der Waals surface area contributed by atoms with Crippen LogP contribution in [0.4, 0.5) is 0 Å². The molecule has 0 amide bonds. The Kier molecular flexibility index (Phi) is 3.18. The molecule has 1 aromatic carbocycles. The molecule has 0 aliphatic rings. The van der Waals surface area contributed by atoms with E-state index in [1.165, 1.54) is 21.4 Å². The molecule has 19 heavy (non-hydrogen) atoms. The number of pyridine rings is 1. The van der Waals surface area contributed by atoms with E-state index in [0.717, 1.165) is 11.2 Å². The van der Waals surface area contributed by atoms with E-state index in [9.17, 15) is 0 Å². The summed E-state index contributed by atoms with van der Waals surface area (Å²) in [5.41, 5.74) is 4.62. The molecule has 0 saturated heterocycles. The predicted octanol–water partition coefficient (Wildman–Crippen LogP) is 5.08. The van der Waals surface area contributed by atoms with Crippen LogP contribution in [0, 0.1) is 13.8 Å². The van der Waals surface area contributed by atoms with Crippen molar-refractivity contribution in [1.29, 1.82) is 0 Å². The highest BCUT2D eigenvalue weighted by atomic mass is 32.1. The first kappa shape index (κ1) is 12.1. The zero-order chi connectivity index (χ0) is 13.2. The summed E-state index contributed by atoms with van der Waals surface area (Å²) in [5.74, 6) is 0. The molecular formula is C17H15NS. The molecule has 94 valence electrons. The lowest BCUT2D eigenvalue weighted by Crippen LogP contribution is -1.85. The molecule has 2 heteroatoms. The number of rotatable bonds is 2. The standard InChI is InChI=1S/C17H15NS/c1-12-10-16(19-11-12)9-8-15-5-3-4-14-7-6-13(2)18-17(14)15/h3-11H,1-2H3/b9-8+. The normalized spacial score (nSPS) is 11.5. The van der Waals surface area contributed by atoms with Gasteiger partial charge in [0.2, 0.25) is 0 Å². The van der Waals surface area contributed by atoms with Gasteiger partial charge in [-0.1, -0.05) is 30.3 Å². The van der Waals surface area contributed by atoms with Crippen LogP contribution < -0.4 is 0 Å². The Morgan fingerprint density at radius 3 is 2.74 bits per heavy atom. The Hall–Kier alpha value is -1.93. The van der Waals surface area contributed by atoms with Gasteiger partial charge in [-0.15, -0.1) is 11.3 Å². The highest BCUT2D eigenvalue weighted by Gasteiger charge is 2.00. The van der Waals surface area contributed by atoms with E-state index in [4.69, 9.17) is 0 Å². The fraction of sp³-hybridized carbons (Fsp3) is 0.118. The topological polar surface area (TPSA) is 12.9 Å². The Balaban J connectivity index is 2.05. The smallest absolute Gasteiger partial charge is 0.0777 e. The molecule has 2 aromatic heterocycles. The van der Waals surface area contributed by atoms with Crippen LogP contribution in [-0.4, -0.2) is 4.98 Å². The van der Waals surface area contributed by atoms with Crippen molar-refractivity contribution in [3.8, 4) is 0 Å². The van der Waals surface area contributed by atoms with Crippen molar-refractivity contribution in [3.63, 3.8) is 0 Å². The number of nitrogens with zero attached hydrogens (tertiary/aromatic N) is 1. The second-order valence-corrected chi connectivity index (χ2v) is 5.67. The second kappa shape index (κ2) is 4.98. The average Bonchev–Trinajstić information content (AvgIpc) is 2.82. The van der Waals surface area contributed by atoms with Crippen molar-refractivity contribution in [2.24, 2.45) is 0 Å². The second-order valence-electron chi connectivity index (χ2n) is 4.73. The molecular weight excluding hydrogens is 250 g/mol. The van der Waals surface area contributed by atoms with E-state index in [1.54, 1.807) is 11.3 Å². The van der Waals surface area contributed by atoms with Crippen molar-refractivity contribution in [1.82, 2.24) is 4.98 Å². The number of fused-ring (bicyclic) bond motifs is 1. The maximum absolute atomic E-state index is 4.65. The number of thiophene rings is 1. The van der Waals surface area contributed by atoms with Crippen LogP contribution in [0.5, 0.6) is 0 Å². The lowest BCUT2D eigenvalue weighted by Gasteiger charge is -2.02. The quantitative estimate of drug-likeness (QED) is 0.629. The number of benzene rings is 1. The first-order valence-corrected chi connectivity index (χ1v) is 7.20. The average molecular weight is 265 g/mol. The van der Waals surface area contributed by atoms with Gasteiger partial charge in [-0.25, -0.2) is 0 Å². The zero-order valence-electron chi connectivity index (χ0n) is 11.1. The van der Waals surface area contributed by atoms with Gasteiger partial charge in [0, 0.05) is 21.5 Å². The molecule has 0 aliphatic carbocycles. The van der Waals surface area contributed by atoms with Crippen molar-refractivity contribution in [3.05, 3.63) is 63.5 Å². The van der Waals surface area contributed by atoms with Crippen LogP contribution in [0.25, 0.3) is 23.1 Å². The maximum Gasteiger partial charge on any atom is 0.0777 e. The first-order valence-electron chi connectivity index (χ1n) is 6.32. The molecule has 3 aromatic rings.